The summed E-state index contributed by atoms with van der Waals surface area (Å²) in [4.78, 5) is 15.6. The summed E-state index contributed by atoms with van der Waals surface area (Å²) in [5, 5.41) is 10.1. The summed E-state index contributed by atoms with van der Waals surface area (Å²) >= 11 is 6.06. The summed E-state index contributed by atoms with van der Waals surface area (Å²) in [7, 11) is 0. The molecule has 1 heterocycles. The second-order valence-corrected chi connectivity index (χ2v) is 4.79. The van der Waals surface area contributed by atoms with Gasteiger partial charge in [-0.25, -0.2) is 0 Å². The molecule has 0 unspecified atom stereocenters. The number of nitrogens with one attached hydrogen (secondary N) is 1. The van der Waals surface area contributed by atoms with E-state index < -0.39 is 0 Å². The third-order valence-electron chi connectivity index (χ3n) is 3.17. The van der Waals surface area contributed by atoms with E-state index in [1.165, 1.54) is 0 Å². The largest absolute Gasteiger partial charge is 0.360 e. The van der Waals surface area contributed by atoms with Crippen molar-refractivity contribution in [2.24, 2.45) is 0 Å². The number of hydrogen-bond donors (Lipinski definition) is 1. The van der Waals surface area contributed by atoms with Gasteiger partial charge in [0.1, 0.15) is 0 Å². The minimum Gasteiger partial charge on any atom is -0.360 e. The number of aromatic amines is 1. The molecule has 0 spiro atoms. The summed E-state index contributed by atoms with van der Waals surface area (Å²) in [5.74, 6) is -0.156. The minimum atomic E-state index is -0.156. The van der Waals surface area contributed by atoms with E-state index in [9.17, 15) is 4.79 Å². The predicted molar refractivity (Wildman–Crippen MR) is 77.9 cm³/mol. The van der Waals surface area contributed by atoms with Crippen LogP contribution in [0.1, 0.15) is 21.5 Å². The number of hydrogen-bond acceptors (Lipinski definition) is 2. The van der Waals surface area contributed by atoms with Gasteiger partial charge in [0.15, 0.2) is 5.78 Å². The Labute approximate surface area is 120 Å². The van der Waals surface area contributed by atoms with Crippen LogP contribution in [-0.2, 0) is 0 Å². The van der Waals surface area contributed by atoms with Gasteiger partial charge in [-0.15, -0.1) is 0 Å². The highest BCUT2D eigenvalue weighted by molar-refractivity contribution is 6.35. The van der Waals surface area contributed by atoms with Gasteiger partial charge in [-0.3, -0.25) is 4.79 Å². The number of benzene rings is 2. The van der Waals surface area contributed by atoms with Crippen molar-refractivity contribution in [2.45, 2.75) is 0 Å². The van der Waals surface area contributed by atoms with Crippen molar-refractivity contribution in [1.82, 2.24) is 4.98 Å². The molecule has 0 aliphatic carbocycles. The molecule has 0 amide bonds. The topological polar surface area (TPSA) is 56.6 Å². The van der Waals surface area contributed by atoms with Gasteiger partial charge >= 0.3 is 0 Å². The molecule has 3 nitrogen and oxygen atoms in total. The molecule has 0 aliphatic rings. The molecule has 3 aromatic rings. The molecule has 1 N–H and O–H groups in total. The highest BCUT2D eigenvalue weighted by Crippen LogP contribution is 2.25. The van der Waals surface area contributed by atoms with E-state index >= 15 is 0 Å². The lowest BCUT2D eigenvalue weighted by Crippen LogP contribution is -2.01. The summed E-state index contributed by atoms with van der Waals surface area (Å²) in [6.45, 7) is 0. The third kappa shape index (κ3) is 1.97. The molecular weight excluding hydrogens is 272 g/mol. The molecule has 0 saturated heterocycles. The van der Waals surface area contributed by atoms with Gasteiger partial charge in [-0.1, -0.05) is 23.7 Å². The Kier molecular flexibility index (Phi) is 3.02. The number of rotatable bonds is 2. The van der Waals surface area contributed by atoms with E-state index in [-0.39, 0.29) is 5.78 Å². The fourth-order valence-corrected chi connectivity index (χ4v) is 2.39. The van der Waals surface area contributed by atoms with Crippen LogP contribution in [0.2, 0.25) is 5.02 Å². The lowest BCUT2D eigenvalue weighted by molar-refractivity contribution is 0.104. The van der Waals surface area contributed by atoms with E-state index in [0.717, 1.165) is 10.9 Å². The monoisotopic (exact) mass is 280 g/mol. The van der Waals surface area contributed by atoms with Crippen molar-refractivity contribution >= 4 is 28.3 Å². The van der Waals surface area contributed by atoms with Gasteiger partial charge in [0.05, 0.1) is 16.7 Å². The Hall–Kier alpha value is -2.57. The van der Waals surface area contributed by atoms with Crippen molar-refractivity contribution in [1.29, 1.82) is 5.26 Å². The normalized spacial score (nSPS) is 10.4. The SMILES string of the molecule is N#Cc1ccc2[nH]cc(C(=O)c3ccccc3Cl)c2c1. The molecule has 0 atom stereocenters. The molecule has 0 fully saturated rings. The Morgan fingerprint density at radius 1 is 1.15 bits per heavy atom. The van der Waals surface area contributed by atoms with Gasteiger partial charge in [-0.05, 0) is 30.3 Å². The van der Waals surface area contributed by atoms with Gasteiger partial charge in [-0.2, -0.15) is 5.26 Å². The van der Waals surface area contributed by atoms with Crippen molar-refractivity contribution in [3.8, 4) is 6.07 Å². The van der Waals surface area contributed by atoms with Crippen LogP contribution in [0.3, 0.4) is 0 Å². The predicted octanol–water partition coefficient (Wildman–Crippen LogP) is 3.92. The summed E-state index contributed by atoms with van der Waals surface area (Å²) < 4.78 is 0. The fourth-order valence-electron chi connectivity index (χ4n) is 2.17. The molecule has 3 rings (SSSR count). The molecule has 1 aromatic heterocycles. The quantitative estimate of drug-likeness (QED) is 0.723. The van der Waals surface area contributed by atoms with Crippen molar-refractivity contribution in [3.63, 3.8) is 0 Å². The van der Waals surface area contributed by atoms with Gasteiger partial charge in [0.25, 0.3) is 0 Å². The fraction of sp³-hybridized carbons (Fsp3) is 0. The van der Waals surface area contributed by atoms with Gasteiger partial charge in [0, 0.05) is 28.2 Å². The number of fused-ring (bicyclic) bond motifs is 1. The molecule has 0 aliphatic heterocycles. The molecule has 96 valence electrons. The standard InChI is InChI=1S/C16H9ClN2O/c17-14-4-2-1-3-11(14)16(20)13-9-19-15-6-5-10(8-18)7-12(13)15/h1-7,9,19H. The molecule has 0 bridgehead atoms. The Morgan fingerprint density at radius 2 is 1.95 bits per heavy atom. The first kappa shape index (κ1) is 12.5. The smallest absolute Gasteiger partial charge is 0.196 e. The first-order valence-electron chi connectivity index (χ1n) is 6.01. The lowest BCUT2D eigenvalue weighted by Gasteiger charge is -2.02. The summed E-state index contributed by atoms with van der Waals surface area (Å²) in [6.07, 6.45) is 1.65. The van der Waals surface area contributed by atoms with Crippen LogP contribution < -0.4 is 0 Å². The van der Waals surface area contributed by atoms with Crippen LogP contribution in [0.4, 0.5) is 0 Å². The first-order valence-corrected chi connectivity index (χ1v) is 6.39. The number of nitriles is 1. The molecule has 4 heteroatoms. The van der Waals surface area contributed by atoms with Crippen molar-refractivity contribution < 1.29 is 4.79 Å². The van der Waals surface area contributed by atoms with Gasteiger partial charge < -0.3 is 4.98 Å². The number of carbonyl (C=O) groups is 1. The number of halogens is 1. The number of carbonyl (C=O) groups excluding carboxylic acids is 1. The number of aromatic nitrogens is 1. The van der Waals surface area contributed by atoms with Gasteiger partial charge in [0.2, 0.25) is 0 Å². The van der Waals surface area contributed by atoms with Crippen LogP contribution in [0.25, 0.3) is 10.9 Å². The van der Waals surface area contributed by atoms with E-state index in [1.54, 1.807) is 48.7 Å². The number of ketones is 1. The third-order valence-corrected chi connectivity index (χ3v) is 3.50. The van der Waals surface area contributed by atoms with E-state index in [1.807, 2.05) is 0 Å². The van der Waals surface area contributed by atoms with E-state index in [0.29, 0.717) is 21.7 Å². The maximum Gasteiger partial charge on any atom is 0.196 e. The summed E-state index contributed by atoms with van der Waals surface area (Å²) in [5.41, 5.74) is 2.31. The zero-order chi connectivity index (χ0) is 14.1. The van der Waals surface area contributed by atoms with Crippen molar-refractivity contribution in [2.75, 3.05) is 0 Å². The van der Waals surface area contributed by atoms with Crippen LogP contribution in [-0.4, -0.2) is 10.8 Å². The highest BCUT2D eigenvalue weighted by atomic mass is 35.5. The first-order chi connectivity index (χ1) is 9.70. The average Bonchev–Trinajstić information content (AvgIpc) is 2.89. The highest BCUT2D eigenvalue weighted by Gasteiger charge is 2.16. The number of nitrogens with zero attached hydrogens (tertiary/aromatic N) is 1. The second kappa shape index (κ2) is 4.84. The van der Waals surface area contributed by atoms with Crippen LogP contribution in [0.15, 0.2) is 48.7 Å². The Balaban J connectivity index is 2.18. The second-order valence-electron chi connectivity index (χ2n) is 4.38. The van der Waals surface area contributed by atoms with E-state index in [4.69, 9.17) is 16.9 Å². The average molecular weight is 281 g/mol. The maximum absolute atomic E-state index is 12.6. The van der Waals surface area contributed by atoms with Crippen LogP contribution >= 0.6 is 11.6 Å². The zero-order valence-electron chi connectivity index (χ0n) is 10.4. The number of H-pyrrole nitrogens is 1. The molecule has 0 radical (unpaired) electrons. The maximum atomic E-state index is 12.6. The van der Waals surface area contributed by atoms with Crippen molar-refractivity contribution in [3.05, 3.63) is 70.4 Å². The van der Waals surface area contributed by atoms with E-state index in [2.05, 4.69) is 11.1 Å². The molecule has 2 aromatic carbocycles. The molecule has 20 heavy (non-hydrogen) atoms. The zero-order valence-corrected chi connectivity index (χ0v) is 11.1. The molecular formula is C16H9ClN2O. The Bertz CT molecular complexity index is 858. The minimum absolute atomic E-state index is 0.156. The lowest BCUT2D eigenvalue weighted by atomic mass is 10.0. The Morgan fingerprint density at radius 3 is 2.70 bits per heavy atom. The molecule has 0 saturated carbocycles. The van der Waals surface area contributed by atoms with Crippen LogP contribution in [0.5, 0.6) is 0 Å². The summed E-state index contributed by atoms with van der Waals surface area (Å²) in [6, 6.07) is 14.2. The van der Waals surface area contributed by atoms with Crippen LogP contribution in [0, 0.1) is 11.3 Å².